The van der Waals surface area contributed by atoms with Crippen LogP contribution in [0.5, 0.6) is 0 Å². The molecule has 1 N–H and O–H groups in total. The zero-order valence-corrected chi connectivity index (χ0v) is 22.0. The van der Waals surface area contributed by atoms with E-state index in [9.17, 15) is 18.0 Å². The first-order valence-corrected chi connectivity index (χ1v) is 13.8. The highest BCUT2D eigenvalue weighted by molar-refractivity contribution is 7.89. The van der Waals surface area contributed by atoms with Gasteiger partial charge >= 0.3 is 5.97 Å². The van der Waals surface area contributed by atoms with Crippen molar-refractivity contribution in [2.45, 2.75) is 38.5 Å². The van der Waals surface area contributed by atoms with Gasteiger partial charge in [-0.15, -0.1) is 0 Å². The molecule has 0 radical (unpaired) electrons. The fourth-order valence-corrected chi connectivity index (χ4v) is 5.65. The monoisotopic (exact) mass is 517 g/mol. The van der Waals surface area contributed by atoms with Gasteiger partial charge < -0.3 is 19.7 Å². The summed E-state index contributed by atoms with van der Waals surface area (Å²) in [6.07, 6.45) is 1.44. The van der Waals surface area contributed by atoms with Crippen molar-refractivity contribution in [2.24, 2.45) is 0 Å². The van der Waals surface area contributed by atoms with Gasteiger partial charge in [-0.3, -0.25) is 4.79 Å². The lowest BCUT2D eigenvalue weighted by Crippen LogP contribution is -2.36. The van der Waals surface area contributed by atoms with E-state index in [2.05, 4.69) is 10.2 Å². The number of hydrogen-bond donors (Lipinski definition) is 1. The molecule has 0 atom stereocenters. The molecule has 0 aliphatic carbocycles. The van der Waals surface area contributed by atoms with Crippen LogP contribution in [-0.2, 0) is 19.5 Å². The third-order valence-corrected chi connectivity index (χ3v) is 7.72. The van der Waals surface area contributed by atoms with Gasteiger partial charge in [-0.25, -0.2) is 13.2 Å². The van der Waals surface area contributed by atoms with E-state index < -0.39 is 21.9 Å². The molecule has 36 heavy (non-hydrogen) atoms. The number of benzene rings is 2. The topological polar surface area (TPSA) is 105 Å². The Morgan fingerprint density at radius 1 is 0.972 bits per heavy atom. The number of carbonyl (C=O) groups excluding carboxylic acids is 2. The maximum Gasteiger partial charge on any atom is 0.338 e. The number of ether oxygens (including phenoxy) is 2. The molecule has 0 unspecified atom stereocenters. The molecular formula is C26H35N3O6S. The standard InChI is InChI=1S/C26H35N3O6S/c1-4-13-29(14-5-2)36(32,33)22-10-7-20(8-11-22)25(30)27-23-19-21(26(31)35-6-3)9-12-24(23)28-15-17-34-18-16-28/h7-12,19H,4-6,13-18H2,1-3H3,(H,27,30). The molecular weight excluding hydrogens is 482 g/mol. The Balaban J connectivity index is 1.85. The molecule has 2 aromatic rings. The van der Waals surface area contributed by atoms with Crippen LogP contribution >= 0.6 is 0 Å². The van der Waals surface area contributed by atoms with Gasteiger partial charge in [-0.2, -0.15) is 4.31 Å². The number of sulfonamides is 1. The Bertz CT molecular complexity index is 1140. The van der Waals surface area contributed by atoms with E-state index in [4.69, 9.17) is 9.47 Å². The number of rotatable bonds is 11. The molecule has 1 amide bonds. The zero-order chi connectivity index (χ0) is 26.1. The molecule has 196 valence electrons. The van der Waals surface area contributed by atoms with Crippen molar-refractivity contribution in [2.75, 3.05) is 56.2 Å². The van der Waals surface area contributed by atoms with Gasteiger partial charge in [0.05, 0.1) is 41.7 Å². The third-order valence-electron chi connectivity index (χ3n) is 5.81. The summed E-state index contributed by atoms with van der Waals surface area (Å²) in [5.74, 6) is -0.881. The Morgan fingerprint density at radius 2 is 1.58 bits per heavy atom. The molecule has 1 saturated heterocycles. The number of esters is 1. The van der Waals surface area contributed by atoms with Crippen LogP contribution in [-0.4, -0.2) is 70.6 Å². The molecule has 0 saturated carbocycles. The second-order valence-electron chi connectivity index (χ2n) is 8.43. The normalized spacial score (nSPS) is 14.1. The lowest BCUT2D eigenvalue weighted by molar-refractivity contribution is 0.0526. The average molecular weight is 518 g/mol. The first kappa shape index (κ1) is 27.6. The molecule has 3 rings (SSSR count). The van der Waals surface area contributed by atoms with E-state index in [0.717, 1.165) is 18.5 Å². The SMILES string of the molecule is CCCN(CCC)S(=O)(=O)c1ccc(C(=O)Nc2cc(C(=O)OCC)ccc2N2CCOCC2)cc1. The maximum absolute atomic E-state index is 13.1. The number of hydrogen-bond acceptors (Lipinski definition) is 7. The summed E-state index contributed by atoms with van der Waals surface area (Å²) >= 11 is 0. The van der Waals surface area contributed by atoms with Crippen LogP contribution in [0.25, 0.3) is 0 Å². The minimum Gasteiger partial charge on any atom is -0.462 e. The lowest BCUT2D eigenvalue weighted by atomic mass is 10.1. The summed E-state index contributed by atoms with van der Waals surface area (Å²) in [5.41, 5.74) is 1.88. The summed E-state index contributed by atoms with van der Waals surface area (Å²) in [6.45, 7) is 9.18. The van der Waals surface area contributed by atoms with E-state index in [1.54, 1.807) is 25.1 Å². The van der Waals surface area contributed by atoms with Crippen molar-refractivity contribution in [3.8, 4) is 0 Å². The van der Waals surface area contributed by atoms with Crippen LogP contribution < -0.4 is 10.2 Å². The van der Waals surface area contributed by atoms with Gasteiger partial charge in [0.25, 0.3) is 5.91 Å². The van der Waals surface area contributed by atoms with Gasteiger partial charge in [0.1, 0.15) is 0 Å². The van der Waals surface area contributed by atoms with Crippen LogP contribution in [0.3, 0.4) is 0 Å². The van der Waals surface area contributed by atoms with E-state index in [-0.39, 0.29) is 11.5 Å². The molecule has 2 aromatic carbocycles. The molecule has 1 aliphatic heterocycles. The summed E-state index contributed by atoms with van der Waals surface area (Å²) < 4.78 is 38.1. The molecule has 1 heterocycles. The Morgan fingerprint density at radius 3 is 2.17 bits per heavy atom. The van der Waals surface area contributed by atoms with Crippen molar-refractivity contribution in [3.05, 3.63) is 53.6 Å². The van der Waals surface area contributed by atoms with Gasteiger partial charge in [0.15, 0.2) is 0 Å². The molecule has 0 spiro atoms. The van der Waals surface area contributed by atoms with Crippen molar-refractivity contribution < 1.29 is 27.5 Å². The number of anilines is 2. The first-order valence-electron chi connectivity index (χ1n) is 12.4. The number of carbonyl (C=O) groups is 2. The highest BCUT2D eigenvalue weighted by Gasteiger charge is 2.24. The Hall–Kier alpha value is -2.95. The van der Waals surface area contributed by atoms with E-state index >= 15 is 0 Å². The molecule has 10 heteroatoms. The van der Waals surface area contributed by atoms with Crippen molar-refractivity contribution in [1.29, 1.82) is 0 Å². The summed E-state index contributed by atoms with van der Waals surface area (Å²) in [6, 6.07) is 11.0. The average Bonchev–Trinajstić information content (AvgIpc) is 2.89. The molecule has 0 aromatic heterocycles. The van der Waals surface area contributed by atoms with Crippen LogP contribution in [0.15, 0.2) is 47.4 Å². The minimum atomic E-state index is -3.64. The third kappa shape index (κ3) is 6.63. The van der Waals surface area contributed by atoms with Crippen LogP contribution in [0.2, 0.25) is 0 Å². The fourth-order valence-electron chi connectivity index (χ4n) is 4.03. The predicted octanol–water partition coefficient (Wildman–Crippen LogP) is 3.76. The smallest absolute Gasteiger partial charge is 0.338 e. The summed E-state index contributed by atoms with van der Waals surface area (Å²) in [5, 5.41) is 2.89. The van der Waals surface area contributed by atoms with E-state index in [1.807, 2.05) is 13.8 Å². The van der Waals surface area contributed by atoms with Crippen LogP contribution in [0.4, 0.5) is 11.4 Å². The Kier molecular flexibility index (Phi) is 9.86. The van der Waals surface area contributed by atoms with E-state index in [1.165, 1.54) is 28.6 Å². The highest BCUT2D eigenvalue weighted by atomic mass is 32.2. The van der Waals surface area contributed by atoms with Crippen molar-refractivity contribution in [1.82, 2.24) is 4.31 Å². The predicted molar refractivity (Wildman–Crippen MR) is 139 cm³/mol. The fraction of sp³-hybridized carbons (Fsp3) is 0.462. The van der Waals surface area contributed by atoms with Gasteiger partial charge in [0.2, 0.25) is 10.0 Å². The van der Waals surface area contributed by atoms with Crippen LogP contribution in [0, 0.1) is 0 Å². The second kappa shape index (κ2) is 12.8. The van der Waals surface area contributed by atoms with Gasteiger partial charge in [-0.05, 0) is 62.2 Å². The van der Waals surface area contributed by atoms with Crippen molar-refractivity contribution in [3.63, 3.8) is 0 Å². The number of morpholine rings is 1. The van der Waals surface area contributed by atoms with Gasteiger partial charge in [0, 0.05) is 31.7 Å². The molecule has 1 fully saturated rings. The van der Waals surface area contributed by atoms with Crippen LogP contribution in [0.1, 0.15) is 54.3 Å². The molecule has 0 bridgehead atoms. The zero-order valence-electron chi connectivity index (χ0n) is 21.2. The number of nitrogens with zero attached hydrogens (tertiary/aromatic N) is 2. The lowest BCUT2D eigenvalue weighted by Gasteiger charge is -2.30. The quantitative estimate of drug-likeness (QED) is 0.453. The summed E-state index contributed by atoms with van der Waals surface area (Å²) in [7, 11) is -3.64. The highest BCUT2D eigenvalue weighted by Crippen LogP contribution is 2.29. The van der Waals surface area contributed by atoms with E-state index in [0.29, 0.717) is 56.2 Å². The van der Waals surface area contributed by atoms with Gasteiger partial charge in [-0.1, -0.05) is 13.8 Å². The summed E-state index contributed by atoms with van der Waals surface area (Å²) in [4.78, 5) is 27.7. The molecule has 9 nitrogen and oxygen atoms in total. The first-order chi connectivity index (χ1) is 17.3. The minimum absolute atomic E-state index is 0.152. The van der Waals surface area contributed by atoms with Crippen molar-refractivity contribution >= 4 is 33.3 Å². The molecule has 1 aliphatic rings. The number of nitrogens with one attached hydrogen (secondary N) is 1. The maximum atomic E-state index is 13.1. The number of amides is 1. The second-order valence-corrected chi connectivity index (χ2v) is 10.4. The Labute approximate surface area is 213 Å². The largest absolute Gasteiger partial charge is 0.462 e.